The molecule has 1 aromatic carbocycles. The average molecular weight is 277 g/mol. The molecule has 2 amide bonds. The van der Waals surface area contributed by atoms with E-state index in [9.17, 15) is 9.59 Å². The molecule has 0 bridgehead atoms. The van der Waals surface area contributed by atoms with E-state index in [1.807, 2.05) is 13.0 Å². The van der Waals surface area contributed by atoms with Crippen molar-refractivity contribution in [3.05, 3.63) is 23.8 Å². The number of amides is 2. The second kappa shape index (κ2) is 5.94. The first-order valence-electron chi connectivity index (χ1n) is 6.59. The first kappa shape index (κ1) is 14.4. The number of hydrogen-bond acceptors (Lipinski definition) is 4. The van der Waals surface area contributed by atoms with Gasteiger partial charge in [0, 0.05) is 24.5 Å². The SMILES string of the molecule is COc1ccc(CN2C(=O)CC(C)CC2=O)c(OC)c1. The van der Waals surface area contributed by atoms with Crippen LogP contribution in [0, 0.1) is 5.92 Å². The van der Waals surface area contributed by atoms with Gasteiger partial charge in [0.1, 0.15) is 11.5 Å². The van der Waals surface area contributed by atoms with Gasteiger partial charge in [-0.1, -0.05) is 6.92 Å². The Morgan fingerprint density at radius 2 is 1.80 bits per heavy atom. The van der Waals surface area contributed by atoms with Gasteiger partial charge in [0.05, 0.1) is 20.8 Å². The summed E-state index contributed by atoms with van der Waals surface area (Å²) in [6, 6.07) is 5.35. The number of ether oxygens (including phenoxy) is 2. The van der Waals surface area contributed by atoms with Crippen LogP contribution in [0.25, 0.3) is 0 Å². The van der Waals surface area contributed by atoms with Crippen molar-refractivity contribution in [2.45, 2.75) is 26.3 Å². The summed E-state index contributed by atoms with van der Waals surface area (Å²) in [6.07, 6.45) is 0.842. The van der Waals surface area contributed by atoms with Crippen molar-refractivity contribution in [1.82, 2.24) is 4.90 Å². The molecule has 0 N–H and O–H groups in total. The maximum absolute atomic E-state index is 12.0. The molecule has 1 aliphatic rings. The number of methoxy groups -OCH3 is 2. The monoisotopic (exact) mass is 277 g/mol. The van der Waals surface area contributed by atoms with Crippen molar-refractivity contribution < 1.29 is 19.1 Å². The second-order valence-electron chi connectivity index (χ2n) is 5.06. The Morgan fingerprint density at radius 1 is 1.15 bits per heavy atom. The van der Waals surface area contributed by atoms with Gasteiger partial charge in [-0.2, -0.15) is 0 Å². The highest BCUT2D eigenvalue weighted by Gasteiger charge is 2.30. The van der Waals surface area contributed by atoms with E-state index in [1.54, 1.807) is 26.4 Å². The molecular formula is C15H19NO4. The van der Waals surface area contributed by atoms with E-state index in [2.05, 4.69) is 0 Å². The molecular weight excluding hydrogens is 258 g/mol. The molecule has 108 valence electrons. The average Bonchev–Trinajstić information content (AvgIpc) is 2.42. The van der Waals surface area contributed by atoms with Crippen molar-refractivity contribution in [3.8, 4) is 11.5 Å². The molecule has 1 aromatic rings. The van der Waals surface area contributed by atoms with Gasteiger partial charge in [0.2, 0.25) is 11.8 Å². The lowest BCUT2D eigenvalue weighted by molar-refractivity contribution is -0.150. The fraction of sp³-hybridized carbons (Fsp3) is 0.467. The molecule has 1 saturated heterocycles. The second-order valence-corrected chi connectivity index (χ2v) is 5.06. The normalized spacial score (nSPS) is 16.4. The van der Waals surface area contributed by atoms with E-state index < -0.39 is 0 Å². The zero-order valence-corrected chi connectivity index (χ0v) is 12.0. The fourth-order valence-electron chi connectivity index (χ4n) is 2.36. The van der Waals surface area contributed by atoms with E-state index in [4.69, 9.17) is 9.47 Å². The molecule has 20 heavy (non-hydrogen) atoms. The quantitative estimate of drug-likeness (QED) is 0.790. The highest BCUT2D eigenvalue weighted by atomic mass is 16.5. The van der Waals surface area contributed by atoms with E-state index >= 15 is 0 Å². The fourth-order valence-corrected chi connectivity index (χ4v) is 2.36. The van der Waals surface area contributed by atoms with E-state index in [0.717, 1.165) is 5.56 Å². The highest BCUT2D eigenvalue weighted by Crippen LogP contribution is 2.28. The van der Waals surface area contributed by atoms with Gasteiger partial charge in [0.25, 0.3) is 0 Å². The Bertz CT molecular complexity index is 509. The van der Waals surface area contributed by atoms with Gasteiger partial charge in [-0.05, 0) is 18.1 Å². The predicted molar refractivity (Wildman–Crippen MR) is 73.5 cm³/mol. The molecule has 5 heteroatoms. The number of imide groups is 1. The Hall–Kier alpha value is -2.04. The molecule has 0 spiro atoms. The number of carbonyl (C=O) groups excluding carboxylic acids is 2. The lowest BCUT2D eigenvalue weighted by atomic mass is 9.97. The third-order valence-corrected chi connectivity index (χ3v) is 3.47. The summed E-state index contributed by atoms with van der Waals surface area (Å²) in [4.78, 5) is 25.3. The number of carbonyl (C=O) groups is 2. The van der Waals surface area contributed by atoms with Gasteiger partial charge >= 0.3 is 0 Å². The summed E-state index contributed by atoms with van der Waals surface area (Å²) in [5.41, 5.74) is 0.796. The van der Waals surface area contributed by atoms with Crippen molar-refractivity contribution in [1.29, 1.82) is 0 Å². The van der Waals surface area contributed by atoms with Crippen LogP contribution in [0.4, 0.5) is 0 Å². The van der Waals surface area contributed by atoms with Crippen LogP contribution in [0.3, 0.4) is 0 Å². The summed E-state index contributed by atoms with van der Waals surface area (Å²) in [5.74, 6) is 1.18. The summed E-state index contributed by atoms with van der Waals surface area (Å²) in [6.45, 7) is 2.17. The molecule has 0 aliphatic carbocycles. The Kier molecular flexibility index (Phi) is 4.27. The third-order valence-electron chi connectivity index (χ3n) is 3.47. The number of nitrogens with zero attached hydrogens (tertiary/aromatic N) is 1. The van der Waals surface area contributed by atoms with E-state index in [0.29, 0.717) is 24.3 Å². The number of piperidine rings is 1. The molecule has 0 aromatic heterocycles. The molecule has 1 heterocycles. The van der Waals surface area contributed by atoms with Crippen LogP contribution in [0.1, 0.15) is 25.3 Å². The third kappa shape index (κ3) is 2.92. The molecule has 1 aliphatic heterocycles. The maximum Gasteiger partial charge on any atom is 0.229 e. The molecule has 0 saturated carbocycles. The molecule has 0 atom stereocenters. The minimum Gasteiger partial charge on any atom is -0.497 e. The summed E-state index contributed by atoms with van der Waals surface area (Å²) < 4.78 is 10.4. The first-order valence-corrected chi connectivity index (χ1v) is 6.59. The van der Waals surface area contributed by atoms with Gasteiger partial charge in [0.15, 0.2) is 0 Å². The molecule has 1 fully saturated rings. The molecule has 0 radical (unpaired) electrons. The predicted octanol–water partition coefficient (Wildman–Crippen LogP) is 1.99. The minimum absolute atomic E-state index is 0.119. The zero-order valence-electron chi connectivity index (χ0n) is 12.0. The van der Waals surface area contributed by atoms with Gasteiger partial charge in [-0.15, -0.1) is 0 Å². The van der Waals surface area contributed by atoms with Crippen molar-refractivity contribution in [2.75, 3.05) is 14.2 Å². The van der Waals surface area contributed by atoms with Crippen LogP contribution >= 0.6 is 0 Å². The van der Waals surface area contributed by atoms with Gasteiger partial charge in [-0.3, -0.25) is 14.5 Å². The lowest BCUT2D eigenvalue weighted by Crippen LogP contribution is -2.42. The molecule has 0 unspecified atom stereocenters. The van der Waals surface area contributed by atoms with Gasteiger partial charge in [-0.25, -0.2) is 0 Å². The van der Waals surface area contributed by atoms with Crippen LogP contribution in [0.5, 0.6) is 11.5 Å². The van der Waals surface area contributed by atoms with Crippen LogP contribution in [-0.4, -0.2) is 30.9 Å². The summed E-state index contributed by atoms with van der Waals surface area (Å²) in [5, 5.41) is 0. The maximum atomic E-state index is 12.0. The smallest absolute Gasteiger partial charge is 0.229 e. The molecule has 2 rings (SSSR count). The Balaban J connectivity index is 2.21. The van der Waals surface area contributed by atoms with Crippen LogP contribution in [0.15, 0.2) is 18.2 Å². The van der Waals surface area contributed by atoms with Crippen molar-refractivity contribution in [2.24, 2.45) is 5.92 Å². The highest BCUT2D eigenvalue weighted by molar-refractivity contribution is 5.97. The molecule has 5 nitrogen and oxygen atoms in total. The lowest BCUT2D eigenvalue weighted by Gasteiger charge is -2.28. The number of hydrogen-bond donors (Lipinski definition) is 0. The Labute approximate surface area is 118 Å². The number of rotatable bonds is 4. The number of benzene rings is 1. The van der Waals surface area contributed by atoms with Gasteiger partial charge < -0.3 is 9.47 Å². The largest absolute Gasteiger partial charge is 0.497 e. The first-order chi connectivity index (χ1) is 9.55. The summed E-state index contributed by atoms with van der Waals surface area (Å²) in [7, 11) is 3.13. The van der Waals surface area contributed by atoms with Crippen molar-refractivity contribution in [3.63, 3.8) is 0 Å². The summed E-state index contributed by atoms with van der Waals surface area (Å²) >= 11 is 0. The minimum atomic E-state index is -0.119. The van der Waals surface area contributed by atoms with Crippen LogP contribution < -0.4 is 9.47 Å². The van der Waals surface area contributed by atoms with Crippen molar-refractivity contribution >= 4 is 11.8 Å². The van der Waals surface area contributed by atoms with Crippen LogP contribution in [0.2, 0.25) is 0 Å². The zero-order chi connectivity index (χ0) is 14.7. The van der Waals surface area contributed by atoms with E-state index in [1.165, 1.54) is 4.90 Å². The Morgan fingerprint density at radius 3 is 2.35 bits per heavy atom. The number of likely N-dealkylation sites (tertiary alicyclic amines) is 1. The van der Waals surface area contributed by atoms with Crippen LogP contribution in [-0.2, 0) is 16.1 Å². The standard InChI is InChI=1S/C15H19NO4/c1-10-6-14(17)16(15(18)7-10)9-11-4-5-12(19-2)8-13(11)20-3/h4-5,8,10H,6-7,9H2,1-3H3. The topological polar surface area (TPSA) is 55.8 Å². The van der Waals surface area contributed by atoms with E-state index in [-0.39, 0.29) is 24.3 Å².